The van der Waals surface area contributed by atoms with Crippen LogP contribution in [-0.4, -0.2) is 12.3 Å². The van der Waals surface area contributed by atoms with E-state index in [0.29, 0.717) is 0 Å². The molecule has 0 saturated carbocycles. The number of rotatable bonds is 4. The van der Waals surface area contributed by atoms with Crippen LogP contribution in [0.5, 0.6) is 5.75 Å². The quantitative estimate of drug-likeness (QED) is 0.829. The molecule has 1 unspecified atom stereocenters. The third-order valence-electron chi connectivity index (χ3n) is 2.88. The summed E-state index contributed by atoms with van der Waals surface area (Å²) in [5.74, 6) is -1.47. The maximum absolute atomic E-state index is 12.8. The molecule has 0 spiro atoms. The SMILES string of the molecule is CCC([C@H](C)Oc1cc(N)c(N)cc1Cl)C(F)(F)F. The predicted molar refractivity (Wildman–Crippen MR) is 70.2 cm³/mol. The molecule has 19 heavy (non-hydrogen) atoms. The molecular weight excluding hydrogens is 281 g/mol. The number of ether oxygens (including phenoxy) is 1. The summed E-state index contributed by atoms with van der Waals surface area (Å²) in [6.07, 6.45) is -5.46. The first kappa shape index (κ1) is 15.8. The highest BCUT2D eigenvalue weighted by atomic mass is 35.5. The van der Waals surface area contributed by atoms with Gasteiger partial charge in [0, 0.05) is 6.07 Å². The van der Waals surface area contributed by atoms with Gasteiger partial charge < -0.3 is 16.2 Å². The van der Waals surface area contributed by atoms with Gasteiger partial charge in [0.15, 0.2) is 0 Å². The molecule has 0 bridgehead atoms. The summed E-state index contributed by atoms with van der Waals surface area (Å²) < 4.78 is 43.6. The fourth-order valence-electron chi connectivity index (χ4n) is 1.79. The van der Waals surface area contributed by atoms with Crippen LogP contribution in [0, 0.1) is 5.92 Å². The van der Waals surface area contributed by atoms with Gasteiger partial charge in [0.05, 0.1) is 22.3 Å². The monoisotopic (exact) mass is 296 g/mol. The lowest BCUT2D eigenvalue weighted by Crippen LogP contribution is -2.35. The van der Waals surface area contributed by atoms with Gasteiger partial charge >= 0.3 is 6.18 Å². The maximum atomic E-state index is 12.8. The fourth-order valence-corrected chi connectivity index (χ4v) is 2.00. The second-order valence-corrected chi connectivity index (χ2v) is 4.70. The molecule has 1 rings (SSSR count). The smallest absolute Gasteiger partial charge is 0.395 e. The molecule has 7 heteroatoms. The molecule has 0 aliphatic carbocycles. The summed E-state index contributed by atoms with van der Waals surface area (Å²) >= 11 is 5.87. The van der Waals surface area contributed by atoms with Gasteiger partial charge in [-0.25, -0.2) is 0 Å². The van der Waals surface area contributed by atoms with Crippen molar-refractivity contribution in [2.24, 2.45) is 5.92 Å². The first-order valence-corrected chi connectivity index (χ1v) is 6.12. The minimum Gasteiger partial charge on any atom is -0.488 e. The van der Waals surface area contributed by atoms with E-state index in [0.717, 1.165) is 0 Å². The normalized spacial score (nSPS) is 15.1. The van der Waals surface area contributed by atoms with Crippen molar-refractivity contribution >= 4 is 23.0 Å². The van der Waals surface area contributed by atoms with Crippen LogP contribution in [0.15, 0.2) is 12.1 Å². The zero-order valence-electron chi connectivity index (χ0n) is 10.6. The Balaban J connectivity index is 2.93. The highest BCUT2D eigenvalue weighted by Crippen LogP contribution is 2.36. The zero-order chi connectivity index (χ0) is 14.8. The van der Waals surface area contributed by atoms with Crippen LogP contribution >= 0.6 is 11.6 Å². The standard InChI is InChI=1S/C12H16ClF3N2O/c1-3-7(12(14,15)16)6(2)19-11-5-10(18)9(17)4-8(11)13/h4-7H,3,17-18H2,1-2H3/t6-,7?/m0/s1. The fraction of sp³-hybridized carbons (Fsp3) is 0.500. The Kier molecular flexibility index (Phi) is 4.79. The van der Waals surface area contributed by atoms with Gasteiger partial charge in [-0.05, 0) is 19.4 Å². The number of alkyl halides is 3. The lowest BCUT2D eigenvalue weighted by Gasteiger charge is -2.26. The number of benzene rings is 1. The molecule has 0 saturated heterocycles. The molecule has 2 atom stereocenters. The summed E-state index contributed by atoms with van der Waals surface area (Å²) in [5.41, 5.74) is 11.6. The van der Waals surface area contributed by atoms with Crippen molar-refractivity contribution in [3.05, 3.63) is 17.2 Å². The van der Waals surface area contributed by atoms with Gasteiger partial charge in [0.1, 0.15) is 11.9 Å². The van der Waals surface area contributed by atoms with Crippen LogP contribution in [0.4, 0.5) is 24.5 Å². The van der Waals surface area contributed by atoms with Crippen molar-refractivity contribution < 1.29 is 17.9 Å². The second kappa shape index (κ2) is 5.77. The number of anilines is 2. The molecule has 0 amide bonds. The van der Waals surface area contributed by atoms with Crippen LogP contribution < -0.4 is 16.2 Å². The van der Waals surface area contributed by atoms with E-state index in [1.165, 1.54) is 26.0 Å². The van der Waals surface area contributed by atoms with Gasteiger partial charge in [0.2, 0.25) is 0 Å². The van der Waals surface area contributed by atoms with Gasteiger partial charge in [-0.15, -0.1) is 0 Å². The number of hydrogen-bond donors (Lipinski definition) is 2. The number of nitrogen functional groups attached to an aromatic ring is 2. The van der Waals surface area contributed by atoms with E-state index in [1.807, 2.05) is 0 Å². The van der Waals surface area contributed by atoms with Crippen molar-refractivity contribution in [2.45, 2.75) is 32.5 Å². The summed E-state index contributed by atoms with van der Waals surface area (Å²) in [4.78, 5) is 0. The third kappa shape index (κ3) is 3.83. The summed E-state index contributed by atoms with van der Waals surface area (Å²) in [6.45, 7) is 2.81. The first-order chi connectivity index (χ1) is 8.66. The summed E-state index contributed by atoms with van der Waals surface area (Å²) in [5, 5.41) is 0.135. The number of hydrogen-bond acceptors (Lipinski definition) is 3. The Hall–Kier alpha value is -1.30. The maximum Gasteiger partial charge on any atom is 0.395 e. The van der Waals surface area contributed by atoms with Crippen molar-refractivity contribution in [3.63, 3.8) is 0 Å². The molecule has 3 nitrogen and oxygen atoms in total. The van der Waals surface area contributed by atoms with Gasteiger partial charge in [-0.1, -0.05) is 18.5 Å². The Bertz CT molecular complexity index is 451. The van der Waals surface area contributed by atoms with E-state index in [9.17, 15) is 13.2 Å². The van der Waals surface area contributed by atoms with E-state index >= 15 is 0 Å². The van der Waals surface area contributed by atoms with Gasteiger partial charge in [-0.3, -0.25) is 0 Å². The molecule has 1 aromatic rings. The summed E-state index contributed by atoms with van der Waals surface area (Å²) in [6, 6.07) is 2.69. The lowest BCUT2D eigenvalue weighted by atomic mass is 10.00. The minimum absolute atomic E-state index is 0.0766. The largest absolute Gasteiger partial charge is 0.488 e. The van der Waals surface area contributed by atoms with Crippen LogP contribution in [0.3, 0.4) is 0 Å². The molecule has 0 aliphatic rings. The second-order valence-electron chi connectivity index (χ2n) is 4.29. The van der Waals surface area contributed by atoms with E-state index in [1.54, 1.807) is 0 Å². The minimum atomic E-state index is -4.32. The Morgan fingerprint density at radius 1 is 1.26 bits per heavy atom. The molecule has 1 aromatic carbocycles. The zero-order valence-corrected chi connectivity index (χ0v) is 11.3. The third-order valence-corrected chi connectivity index (χ3v) is 3.17. The molecule has 0 fully saturated rings. The first-order valence-electron chi connectivity index (χ1n) is 5.74. The lowest BCUT2D eigenvalue weighted by molar-refractivity contribution is -0.194. The van der Waals surface area contributed by atoms with Gasteiger partial charge in [0.25, 0.3) is 0 Å². The molecule has 0 aliphatic heterocycles. The summed E-state index contributed by atoms with van der Waals surface area (Å²) in [7, 11) is 0. The highest BCUT2D eigenvalue weighted by molar-refractivity contribution is 6.32. The molecule has 0 radical (unpaired) electrons. The molecule has 108 valence electrons. The van der Waals surface area contributed by atoms with Crippen molar-refractivity contribution in [1.29, 1.82) is 0 Å². The molecule has 4 N–H and O–H groups in total. The topological polar surface area (TPSA) is 61.3 Å². The Morgan fingerprint density at radius 2 is 1.79 bits per heavy atom. The predicted octanol–water partition coefficient (Wildman–Crippen LogP) is 3.86. The van der Waals surface area contributed by atoms with Gasteiger partial charge in [-0.2, -0.15) is 13.2 Å². The Morgan fingerprint density at radius 3 is 2.26 bits per heavy atom. The number of halogens is 4. The van der Waals surface area contributed by atoms with Crippen LogP contribution in [0.25, 0.3) is 0 Å². The van der Waals surface area contributed by atoms with Crippen molar-refractivity contribution in [3.8, 4) is 5.75 Å². The Labute approximate surface area is 114 Å². The van der Waals surface area contributed by atoms with Crippen molar-refractivity contribution in [1.82, 2.24) is 0 Å². The van der Waals surface area contributed by atoms with E-state index < -0.39 is 18.2 Å². The van der Waals surface area contributed by atoms with Crippen LogP contribution in [0.2, 0.25) is 5.02 Å². The molecule has 0 heterocycles. The van der Waals surface area contributed by atoms with Crippen LogP contribution in [0.1, 0.15) is 20.3 Å². The van der Waals surface area contributed by atoms with Crippen molar-refractivity contribution in [2.75, 3.05) is 11.5 Å². The highest BCUT2D eigenvalue weighted by Gasteiger charge is 2.43. The molecule has 0 aromatic heterocycles. The van der Waals surface area contributed by atoms with E-state index in [4.69, 9.17) is 27.8 Å². The average molecular weight is 297 g/mol. The van der Waals surface area contributed by atoms with E-state index in [-0.39, 0.29) is 28.6 Å². The van der Waals surface area contributed by atoms with E-state index in [2.05, 4.69) is 0 Å². The molecular formula is C12H16ClF3N2O. The number of nitrogens with two attached hydrogens (primary N) is 2. The van der Waals surface area contributed by atoms with Crippen LogP contribution in [-0.2, 0) is 0 Å². The average Bonchev–Trinajstić information content (AvgIpc) is 2.24.